The molecule has 0 N–H and O–H groups in total. The monoisotopic (exact) mass is 234 g/mol. The van der Waals surface area contributed by atoms with Crippen LogP contribution in [0.4, 0.5) is 8.78 Å². The Morgan fingerprint density at radius 3 is 2.41 bits per heavy atom. The lowest BCUT2D eigenvalue weighted by Crippen LogP contribution is -1.98. The molecular weight excluding hydrogens is 222 g/mol. The van der Waals surface area contributed by atoms with Crippen LogP contribution in [0.3, 0.4) is 0 Å². The first kappa shape index (κ1) is 11.6. The third-order valence-corrected chi connectivity index (χ3v) is 2.43. The van der Waals surface area contributed by atoms with Crippen molar-refractivity contribution in [1.29, 1.82) is 0 Å². The maximum absolute atomic E-state index is 13.3. The fourth-order valence-corrected chi connectivity index (χ4v) is 1.44. The van der Waals surface area contributed by atoms with E-state index in [9.17, 15) is 8.78 Å². The molecule has 0 saturated heterocycles. The van der Waals surface area contributed by atoms with Gasteiger partial charge in [0, 0.05) is 0 Å². The summed E-state index contributed by atoms with van der Waals surface area (Å²) in [5.41, 5.74) is 2.06. The maximum atomic E-state index is 13.3. The van der Waals surface area contributed by atoms with E-state index in [4.69, 9.17) is 4.74 Å². The summed E-state index contributed by atoms with van der Waals surface area (Å²) in [7, 11) is 0. The van der Waals surface area contributed by atoms with Gasteiger partial charge in [-0.1, -0.05) is 35.9 Å². The van der Waals surface area contributed by atoms with Gasteiger partial charge in [0.15, 0.2) is 11.6 Å². The van der Waals surface area contributed by atoms with Gasteiger partial charge in [0.05, 0.1) is 0 Å². The fraction of sp³-hybridized carbons (Fsp3) is 0.143. The minimum absolute atomic E-state index is 0.0643. The van der Waals surface area contributed by atoms with Crippen molar-refractivity contribution < 1.29 is 13.5 Å². The zero-order chi connectivity index (χ0) is 12.3. The first-order chi connectivity index (χ1) is 8.16. The van der Waals surface area contributed by atoms with Gasteiger partial charge in [-0.25, -0.2) is 4.39 Å². The van der Waals surface area contributed by atoms with Crippen molar-refractivity contribution in [2.45, 2.75) is 13.5 Å². The van der Waals surface area contributed by atoms with Crippen LogP contribution in [0.15, 0.2) is 42.5 Å². The molecule has 0 aliphatic rings. The third-order valence-electron chi connectivity index (χ3n) is 2.43. The zero-order valence-electron chi connectivity index (χ0n) is 9.41. The van der Waals surface area contributed by atoms with E-state index in [-0.39, 0.29) is 12.4 Å². The number of ether oxygens (including phenoxy) is 1. The molecule has 0 saturated carbocycles. The standard InChI is InChI=1S/C14H12F2O/c1-10-5-7-11(8-6-10)9-17-13-4-2-3-12(15)14(13)16/h2-8H,9H2,1H3. The molecule has 2 aromatic rings. The van der Waals surface area contributed by atoms with Gasteiger partial charge in [0.2, 0.25) is 5.82 Å². The van der Waals surface area contributed by atoms with Crippen molar-refractivity contribution in [2.24, 2.45) is 0 Å². The van der Waals surface area contributed by atoms with Gasteiger partial charge in [-0.15, -0.1) is 0 Å². The van der Waals surface area contributed by atoms with Crippen LogP contribution in [-0.2, 0) is 6.61 Å². The first-order valence-corrected chi connectivity index (χ1v) is 5.29. The van der Waals surface area contributed by atoms with Crippen molar-refractivity contribution in [1.82, 2.24) is 0 Å². The van der Waals surface area contributed by atoms with Gasteiger partial charge in [-0.3, -0.25) is 0 Å². The molecule has 2 aromatic carbocycles. The van der Waals surface area contributed by atoms with Crippen molar-refractivity contribution >= 4 is 0 Å². The second kappa shape index (κ2) is 4.95. The molecule has 88 valence electrons. The smallest absolute Gasteiger partial charge is 0.200 e. The Kier molecular flexibility index (Phi) is 3.38. The van der Waals surface area contributed by atoms with E-state index in [1.54, 1.807) is 0 Å². The molecule has 0 amide bonds. The van der Waals surface area contributed by atoms with Crippen LogP contribution >= 0.6 is 0 Å². The van der Waals surface area contributed by atoms with E-state index in [1.807, 2.05) is 31.2 Å². The Labute approximate surface area is 98.7 Å². The van der Waals surface area contributed by atoms with Crippen molar-refractivity contribution in [3.63, 3.8) is 0 Å². The molecule has 0 radical (unpaired) electrons. The minimum Gasteiger partial charge on any atom is -0.486 e. The summed E-state index contributed by atoms with van der Waals surface area (Å²) in [6.45, 7) is 2.21. The molecule has 0 spiro atoms. The molecule has 1 nitrogen and oxygen atoms in total. The number of aryl methyl sites for hydroxylation is 1. The minimum atomic E-state index is -0.945. The van der Waals surface area contributed by atoms with Crippen molar-refractivity contribution in [3.8, 4) is 5.75 Å². The second-order valence-corrected chi connectivity index (χ2v) is 3.83. The van der Waals surface area contributed by atoms with E-state index >= 15 is 0 Å². The number of hydrogen-bond donors (Lipinski definition) is 0. The largest absolute Gasteiger partial charge is 0.486 e. The Morgan fingerprint density at radius 2 is 1.71 bits per heavy atom. The van der Waals surface area contributed by atoms with E-state index in [0.29, 0.717) is 0 Å². The summed E-state index contributed by atoms with van der Waals surface area (Å²) in [6, 6.07) is 11.6. The van der Waals surface area contributed by atoms with E-state index in [1.165, 1.54) is 12.1 Å². The average molecular weight is 234 g/mol. The lowest BCUT2D eigenvalue weighted by Gasteiger charge is -2.07. The van der Waals surface area contributed by atoms with Gasteiger partial charge in [-0.2, -0.15) is 4.39 Å². The normalized spacial score (nSPS) is 10.3. The van der Waals surface area contributed by atoms with Gasteiger partial charge in [0.25, 0.3) is 0 Å². The van der Waals surface area contributed by atoms with Crippen molar-refractivity contribution in [2.75, 3.05) is 0 Å². The third kappa shape index (κ3) is 2.81. The van der Waals surface area contributed by atoms with Crippen molar-refractivity contribution in [3.05, 3.63) is 65.2 Å². The highest BCUT2D eigenvalue weighted by Crippen LogP contribution is 2.20. The van der Waals surface area contributed by atoms with Crippen LogP contribution < -0.4 is 4.74 Å². The van der Waals surface area contributed by atoms with Crippen LogP contribution in [0.5, 0.6) is 5.75 Å². The molecular formula is C14H12F2O. The summed E-state index contributed by atoms with van der Waals surface area (Å²) in [5, 5.41) is 0. The van der Waals surface area contributed by atoms with Gasteiger partial charge in [0.1, 0.15) is 6.61 Å². The molecule has 0 aliphatic carbocycles. The number of halogens is 2. The summed E-state index contributed by atoms with van der Waals surface area (Å²) >= 11 is 0. The molecule has 0 bridgehead atoms. The molecule has 0 fully saturated rings. The van der Waals surface area contributed by atoms with Crippen LogP contribution in [0.2, 0.25) is 0 Å². The highest BCUT2D eigenvalue weighted by molar-refractivity contribution is 5.26. The maximum Gasteiger partial charge on any atom is 0.200 e. The van der Waals surface area contributed by atoms with E-state index in [2.05, 4.69) is 0 Å². The molecule has 0 unspecified atom stereocenters. The topological polar surface area (TPSA) is 9.23 Å². The first-order valence-electron chi connectivity index (χ1n) is 5.29. The Bertz CT molecular complexity index is 506. The number of rotatable bonds is 3. The molecule has 2 rings (SSSR count). The molecule has 0 aromatic heterocycles. The average Bonchev–Trinajstić information content (AvgIpc) is 2.33. The van der Waals surface area contributed by atoms with E-state index < -0.39 is 11.6 Å². The molecule has 0 atom stereocenters. The number of benzene rings is 2. The second-order valence-electron chi connectivity index (χ2n) is 3.83. The highest BCUT2D eigenvalue weighted by atomic mass is 19.2. The molecule has 0 aliphatic heterocycles. The zero-order valence-corrected chi connectivity index (χ0v) is 9.41. The van der Waals surface area contributed by atoms with E-state index in [0.717, 1.165) is 17.2 Å². The summed E-state index contributed by atoms with van der Waals surface area (Å²) in [6.07, 6.45) is 0. The number of hydrogen-bond acceptors (Lipinski definition) is 1. The van der Waals surface area contributed by atoms with Gasteiger partial charge in [-0.05, 0) is 24.6 Å². The highest BCUT2D eigenvalue weighted by Gasteiger charge is 2.08. The van der Waals surface area contributed by atoms with Crippen LogP contribution in [0, 0.1) is 18.6 Å². The predicted octanol–water partition coefficient (Wildman–Crippen LogP) is 3.85. The lowest BCUT2D eigenvalue weighted by atomic mass is 10.2. The van der Waals surface area contributed by atoms with Crippen LogP contribution in [-0.4, -0.2) is 0 Å². The Morgan fingerprint density at radius 1 is 1.00 bits per heavy atom. The summed E-state index contributed by atoms with van der Waals surface area (Å²) in [5.74, 6) is -1.91. The molecule has 17 heavy (non-hydrogen) atoms. The molecule has 0 heterocycles. The SMILES string of the molecule is Cc1ccc(COc2cccc(F)c2F)cc1. The Hall–Kier alpha value is -1.90. The summed E-state index contributed by atoms with van der Waals surface area (Å²) in [4.78, 5) is 0. The lowest BCUT2D eigenvalue weighted by molar-refractivity contribution is 0.284. The van der Waals surface area contributed by atoms with Crippen LogP contribution in [0.25, 0.3) is 0 Å². The van der Waals surface area contributed by atoms with Gasteiger partial charge >= 0.3 is 0 Å². The van der Waals surface area contributed by atoms with Crippen LogP contribution in [0.1, 0.15) is 11.1 Å². The van der Waals surface area contributed by atoms with Gasteiger partial charge < -0.3 is 4.74 Å². The summed E-state index contributed by atoms with van der Waals surface area (Å²) < 4.78 is 31.4. The Balaban J connectivity index is 2.07. The molecule has 3 heteroatoms. The fourth-order valence-electron chi connectivity index (χ4n) is 1.44. The quantitative estimate of drug-likeness (QED) is 0.783. The predicted molar refractivity (Wildman–Crippen MR) is 61.9 cm³/mol.